The zero-order valence-electron chi connectivity index (χ0n) is 14.3. The Kier molecular flexibility index (Phi) is 8.03. The van der Waals surface area contributed by atoms with Crippen molar-refractivity contribution in [1.29, 1.82) is 0 Å². The van der Waals surface area contributed by atoms with Gasteiger partial charge in [-0.3, -0.25) is 0 Å². The highest BCUT2D eigenvalue weighted by atomic mass is 35.5. The highest BCUT2D eigenvalue weighted by Crippen LogP contribution is 2.27. The fourth-order valence-corrected chi connectivity index (χ4v) is 3.18. The van der Waals surface area contributed by atoms with Crippen LogP contribution >= 0.6 is 12.4 Å². The van der Waals surface area contributed by atoms with Crippen LogP contribution in [0.15, 0.2) is 18.2 Å². The van der Waals surface area contributed by atoms with Crippen molar-refractivity contribution in [1.82, 2.24) is 5.32 Å². The Morgan fingerprint density at radius 3 is 2.26 bits per heavy atom. The number of aliphatic hydroxyl groups is 1. The molecule has 0 spiro atoms. The molecule has 0 saturated heterocycles. The molecule has 7 heteroatoms. The molecule has 5 nitrogen and oxygen atoms in total. The Hall–Kier alpha value is -0.820. The lowest BCUT2D eigenvalue weighted by atomic mass is 9.96. The molecule has 0 saturated carbocycles. The lowest BCUT2D eigenvalue weighted by molar-refractivity contribution is 0.110. The Morgan fingerprint density at radius 1 is 1.26 bits per heavy atom. The van der Waals surface area contributed by atoms with Crippen molar-refractivity contribution in [2.75, 3.05) is 6.26 Å². The van der Waals surface area contributed by atoms with Gasteiger partial charge in [0.05, 0.1) is 11.9 Å². The molecule has 0 aliphatic carbocycles. The minimum Gasteiger partial charge on any atom is -0.508 e. The van der Waals surface area contributed by atoms with Crippen molar-refractivity contribution in [3.05, 3.63) is 29.3 Å². The maximum absolute atomic E-state index is 11.4. The van der Waals surface area contributed by atoms with Gasteiger partial charge in [0.25, 0.3) is 0 Å². The number of hydrogen-bond acceptors (Lipinski definition) is 5. The van der Waals surface area contributed by atoms with Gasteiger partial charge in [-0.25, -0.2) is 8.42 Å². The Balaban J connectivity index is 0.00000484. The van der Waals surface area contributed by atoms with Crippen LogP contribution in [-0.4, -0.2) is 36.5 Å². The van der Waals surface area contributed by atoms with E-state index in [2.05, 4.69) is 5.32 Å². The zero-order valence-corrected chi connectivity index (χ0v) is 16.0. The monoisotopic (exact) mass is 365 g/mol. The first-order chi connectivity index (χ1) is 9.93. The molecule has 0 aliphatic heterocycles. The Labute approximate surface area is 145 Å². The summed E-state index contributed by atoms with van der Waals surface area (Å²) >= 11 is 0. The van der Waals surface area contributed by atoms with Crippen LogP contribution in [0.4, 0.5) is 0 Å². The molecular weight excluding hydrogens is 338 g/mol. The fourth-order valence-electron chi connectivity index (χ4n) is 2.38. The fraction of sp³-hybridized carbons (Fsp3) is 0.625. The van der Waals surface area contributed by atoms with E-state index in [0.29, 0.717) is 11.1 Å². The number of aromatic hydroxyl groups is 1. The lowest BCUT2D eigenvalue weighted by Gasteiger charge is -2.31. The first-order valence-electron chi connectivity index (χ1n) is 7.38. The van der Waals surface area contributed by atoms with Gasteiger partial charge in [-0.2, -0.15) is 0 Å². The number of aliphatic hydroxyl groups excluding tert-OH is 1. The van der Waals surface area contributed by atoms with Gasteiger partial charge in [0.1, 0.15) is 5.75 Å². The zero-order chi connectivity index (χ0) is 17.1. The summed E-state index contributed by atoms with van der Waals surface area (Å²) in [5, 5.41) is 23.7. The molecule has 134 valence electrons. The summed E-state index contributed by atoms with van der Waals surface area (Å²) in [7, 11) is -3.25. The summed E-state index contributed by atoms with van der Waals surface area (Å²) in [4.78, 5) is 0. The molecule has 0 aromatic heterocycles. The third kappa shape index (κ3) is 7.52. The van der Waals surface area contributed by atoms with E-state index in [1.54, 1.807) is 12.1 Å². The predicted molar refractivity (Wildman–Crippen MR) is 95.8 cm³/mol. The maximum atomic E-state index is 11.4. The molecule has 3 N–H and O–H groups in total. The molecule has 0 bridgehead atoms. The van der Waals surface area contributed by atoms with E-state index in [1.807, 2.05) is 27.7 Å². The van der Waals surface area contributed by atoms with Crippen LogP contribution < -0.4 is 5.32 Å². The quantitative estimate of drug-likeness (QED) is 0.721. The van der Waals surface area contributed by atoms with Crippen LogP contribution in [-0.2, 0) is 15.6 Å². The van der Waals surface area contributed by atoms with E-state index in [9.17, 15) is 18.6 Å². The van der Waals surface area contributed by atoms with Crippen molar-refractivity contribution in [3.63, 3.8) is 0 Å². The number of phenols is 1. The summed E-state index contributed by atoms with van der Waals surface area (Å²) in [6.45, 7) is 8.04. The summed E-state index contributed by atoms with van der Waals surface area (Å²) in [5.41, 5.74) is 0.762. The van der Waals surface area contributed by atoms with Crippen LogP contribution in [0.5, 0.6) is 5.75 Å². The number of benzene rings is 1. The van der Waals surface area contributed by atoms with Crippen LogP contribution in [0, 0.1) is 0 Å². The maximum Gasteiger partial charge on any atom is 0.151 e. The van der Waals surface area contributed by atoms with Crippen molar-refractivity contribution in [3.8, 4) is 5.75 Å². The van der Waals surface area contributed by atoms with E-state index in [-0.39, 0.29) is 35.5 Å². The smallest absolute Gasteiger partial charge is 0.151 e. The number of rotatable bonds is 6. The molecule has 0 aliphatic rings. The largest absolute Gasteiger partial charge is 0.508 e. The van der Waals surface area contributed by atoms with Crippen LogP contribution in [0.2, 0.25) is 0 Å². The first-order valence-corrected chi connectivity index (χ1v) is 9.44. The van der Waals surface area contributed by atoms with E-state index >= 15 is 0 Å². The van der Waals surface area contributed by atoms with E-state index in [0.717, 1.165) is 12.7 Å². The lowest BCUT2D eigenvalue weighted by Crippen LogP contribution is -2.46. The Morgan fingerprint density at radius 2 is 1.83 bits per heavy atom. The topological polar surface area (TPSA) is 86.6 Å². The molecule has 1 aromatic rings. The number of phenolic OH excluding ortho intramolecular Hbond substituents is 1. The highest BCUT2D eigenvalue weighted by molar-refractivity contribution is 7.89. The number of halogens is 1. The molecule has 0 amide bonds. The molecule has 0 radical (unpaired) electrons. The van der Waals surface area contributed by atoms with Crippen molar-refractivity contribution >= 4 is 22.2 Å². The van der Waals surface area contributed by atoms with Crippen LogP contribution in [0.3, 0.4) is 0 Å². The molecule has 1 rings (SSSR count). The van der Waals surface area contributed by atoms with Crippen molar-refractivity contribution < 1.29 is 18.6 Å². The molecule has 0 heterocycles. The average molecular weight is 366 g/mol. The van der Waals surface area contributed by atoms with Gasteiger partial charge in [-0.05, 0) is 44.9 Å². The molecule has 23 heavy (non-hydrogen) atoms. The molecule has 2 unspecified atom stereocenters. The van der Waals surface area contributed by atoms with Gasteiger partial charge in [-0.1, -0.05) is 13.0 Å². The number of nitrogens with one attached hydrogen (secondary N) is 1. The van der Waals surface area contributed by atoms with Gasteiger partial charge < -0.3 is 15.5 Å². The predicted octanol–water partition coefficient (Wildman–Crippen LogP) is 2.56. The molecule has 2 atom stereocenters. The van der Waals surface area contributed by atoms with E-state index < -0.39 is 15.9 Å². The van der Waals surface area contributed by atoms with Crippen molar-refractivity contribution in [2.24, 2.45) is 0 Å². The first kappa shape index (κ1) is 22.2. The van der Waals surface area contributed by atoms with Crippen molar-refractivity contribution in [2.45, 2.75) is 57.6 Å². The third-order valence-electron chi connectivity index (χ3n) is 3.30. The summed E-state index contributed by atoms with van der Waals surface area (Å²) in [6, 6.07) is 4.46. The number of hydrogen-bond donors (Lipinski definition) is 3. The second-order valence-electron chi connectivity index (χ2n) is 6.81. The third-order valence-corrected chi connectivity index (χ3v) is 4.14. The van der Waals surface area contributed by atoms with Crippen LogP contribution in [0.25, 0.3) is 0 Å². The van der Waals surface area contributed by atoms with Gasteiger partial charge in [-0.15, -0.1) is 12.4 Å². The van der Waals surface area contributed by atoms with Gasteiger partial charge in [0.2, 0.25) is 0 Å². The summed E-state index contributed by atoms with van der Waals surface area (Å²) in [5.74, 6) is -0.318. The second-order valence-corrected chi connectivity index (χ2v) is 8.95. The van der Waals surface area contributed by atoms with E-state index in [4.69, 9.17) is 0 Å². The normalized spacial score (nSPS) is 14.9. The van der Waals surface area contributed by atoms with Gasteiger partial charge >= 0.3 is 0 Å². The second kappa shape index (κ2) is 8.33. The summed E-state index contributed by atoms with van der Waals surface area (Å²) in [6.07, 6.45) is 1.06. The minimum absolute atomic E-state index is 0. The van der Waals surface area contributed by atoms with Gasteiger partial charge in [0, 0.05) is 23.4 Å². The Bertz CT molecular complexity index is 611. The number of sulfone groups is 1. The SMILES string of the molecule is CCC(NC(C)(C)C)C(O)c1ccc(O)c(CS(C)(=O)=O)c1.Cl. The molecule has 1 aromatic carbocycles. The minimum atomic E-state index is -3.25. The van der Waals surface area contributed by atoms with Crippen LogP contribution in [0.1, 0.15) is 51.3 Å². The highest BCUT2D eigenvalue weighted by Gasteiger charge is 2.24. The molecule has 0 fully saturated rings. The molecular formula is C16H28ClNO4S. The summed E-state index contributed by atoms with van der Waals surface area (Å²) < 4.78 is 22.9. The van der Waals surface area contributed by atoms with Gasteiger partial charge in [0.15, 0.2) is 9.84 Å². The van der Waals surface area contributed by atoms with E-state index in [1.165, 1.54) is 6.07 Å². The average Bonchev–Trinajstić information content (AvgIpc) is 2.35. The standard InChI is InChI=1S/C16H27NO4S.ClH/c1-6-13(17-16(2,3)4)15(19)11-7-8-14(18)12(9-11)10-22(5,20)21;/h7-9,13,15,17-19H,6,10H2,1-5H3;1H.